The summed E-state index contributed by atoms with van der Waals surface area (Å²) in [6.07, 6.45) is 1.70. The molecule has 0 fully saturated rings. The van der Waals surface area contributed by atoms with Crippen molar-refractivity contribution in [3.05, 3.63) is 22.1 Å². The molecule has 0 aromatic carbocycles. The molecule has 0 atom stereocenters. The highest BCUT2D eigenvalue weighted by atomic mass is 79.9. The summed E-state index contributed by atoms with van der Waals surface area (Å²) >= 11 is 4.83. The average molecular weight is 273 g/mol. The van der Waals surface area contributed by atoms with Crippen LogP contribution in [-0.2, 0) is 0 Å². The molecular weight excluding hydrogens is 264 g/mol. The van der Waals surface area contributed by atoms with Crippen LogP contribution in [0, 0.1) is 0 Å². The van der Waals surface area contributed by atoms with Gasteiger partial charge in [0.05, 0.1) is 0 Å². The quantitative estimate of drug-likeness (QED) is 0.844. The third-order valence-corrected chi connectivity index (χ3v) is 3.23. The first kappa shape index (κ1) is 9.79. The van der Waals surface area contributed by atoms with Crippen LogP contribution in [0.15, 0.2) is 16.3 Å². The Morgan fingerprint density at radius 1 is 1.50 bits per heavy atom. The predicted octanol–water partition coefficient (Wildman–Crippen LogP) is 2.61. The molecule has 0 radical (unpaired) electrons. The molecule has 2 heterocycles. The lowest BCUT2D eigenvalue weighted by Crippen LogP contribution is -1.96. The molecule has 2 aromatic heterocycles. The standard InChI is InChI=1S/C8H9BrN4S/c1-5(2)7-10-4-13(12-7)8-11-6(9)3-14-8/h3-5H,1-2H3. The summed E-state index contributed by atoms with van der Waals surface area (Å²) in [6.45, 7) is 4.13. The molecule has 0 aliphatic carbocycles. The fourth-order valence-corrected chi connectivity index (χ4v) is 2.15. The van der Waals surface area contributed by atoms with E-state index in [1.54, 1.807) is 11.0 Å². The van der Waals surface area contributed by atoms with Crippen molar-refractivity contribution >= 4 is 27.3 Å². The SMILES string of the molecule is CC(C)c1ncn(-c2nc(Br)cs2)n1. The summed E-state index contributed by atoms with van der Waals surface area (Å²) in [5, 5.41) is 7.08. The first-order chi connectivity index (χ1) is 6.66. The van der Waals surface area contributed by atoms with Gasteiger partial charge in [0.25, 0.3) is 0 Å². The molecule has 0 saturated carbocycles. The van der Waals surface area contributed by atoms with Crippen molar-refractivity contribution in [2.24, 2.45) is 0 Å². The van der Waals surface area contributed by atoms with E-state index >= 15 is 0 Å². The monoisotopic (exact) mass is 272 g/mol. The number of hydrogen-bond donors (Lipinski definition) is 0. The van der Waals surface area contributed by atoms with Crippen molar-refractivity contribution in [2.75, 3.05) is 0 Å². The van der Waals surface area contributed by atoms with Crippen molar-refractivity contribution in [1.29, 1.82) is 0 Å². The molecule has 74 valence electrons. The number of rotatable bonds is 2. The highest BCUT2D eigenvalue weighted by Crippen LogP contribution is 2.18. The zero-order valence-corrected chi connectivity index (χ0v) is 10.2. The van der Waals surface area contributed by atoms with Crippen LogP contribution in [0.25, 0.3) is 5.13 Å². The van der Waals surface area contributed by atoms with Gasteiger partial charge in [-0.25, -0.2) is 9.97 Å². The molecule has 14 heavy (non-hydrogen) atoms. The Labute approximate surface area is 94.1 Å². The van der Waals surface area contributed by atoms with E-state index < -0.39 is 0 Å². The van der Waals surface area contributed by atoms with Gasteiger partial charge in [-0.1, -0.05) is 13.8 Å². The molecule has 0 N–H and O–H groups in total. The second-order valence-corrected chi connectivity index (χ2v) is 4.80. The number of thiazole rings is 1. The lowest BCUT2D eigenvalue weighted by Gasteiger charge is -1.95. The zero-order chi connectivity index (χ0) is 10.1. The van der Waals surface area contributed by atoms with Crippen LogP contribution in [0.1, 0.15) is 25.6 Å². The van der Waals surface area contributed by atoms with Crippen LogP contribution >= 0.6 is 27.3 Å². The van der Waals surface area contributed by atoms with Crippen LogP contribution in [0.2, 0.25) is 0 Å². The van der Waals surface area contributed by atoms with Crippen LogP contribution in [0.3, 0.4) is 0 Å². The van der Waals surface area contributed by atoms with Crippen molar-refractivity contribution in [1.82, 2.24) is 19.7 Å². The molecular formula is C8H9BrN4S. The Kier molecular flexibility index (Phi) is 2.64. The lowest BCUT2D eigenvalue weighted by atomic mass is 10.2. The van der Waals surface area contributed by atoms with E-state index in [0.717, 1.165) is 15.6 Å². The first-order valence-corrected chi connectivity index (χ1v) is 5.87. The molecule has 0 saturated heterocycles. The maximum absolute atomic E-state index is 4.33. The van der Waals surface area contributed by atoms with Gasteiger partial charge in [0.1, 0.15) is 10.9 Å². The van der Waals surface area contributed by atoms with Gasteiger partial charge < -0.3 is 0 Å². The molecule has 0 aliphatic heterocycles. The van der Waals surface area contributed by atoms with E-state index in [-0.39, 0.29) is 0 Å². The predicted molar refractivity (Wildman–Crippen MR) is 58.8 cm³/mol. The van der Waals surface area contributed by atoms with E-state index in [1.165, 1.54) is 11.3 Å². The number of halogens is 1. The number of aromatic nitrogens is 4. The van der Waals surface area contributed by atoms with Gasteiger partial charge in [0, 0.05) is 11.3 Å². The molecule has 0 amide bonds. The summed E-state index contributed by atoms with van der Waals surface area (Å²) in [5.74, 6) is 1.19. The van der Waals surface area contributed by atoms with Crippen LogP contribution in [0.4, 0.5) is 0 Å². The maximum Gasteiger partial charge on any atom is 0.212 e. The largest absolute Gasteiger partial charge is 0.219 e. The van der Waals surface area contributed by atoms with Crippen LogP contribution in [-0.4, -0.2) is 19.7 Å². The Bertz CT molecular complexity index is 434. The van der Waals surface area contributed by atoms with Crippen molar-refractivity contribution in [3.8, 4) is 5.13 Å². The Morgan fingerprint density at radius 3 is 2.79 bits per heavy atom. The van der Waals surface area contributed by atoms with Crippen LogP contribution in [0.5, 0.6) is 0 Å². The fourth-order valence-electron chi connectivity index (χ4n) is 0.983. The smallest absolute Gasteiger partial charge is 0.212 e. The molecule has 6 heteroatoms. The minimum atomic E-state index is 0.347. The van der Waals surface area contributed by atoms with Gasteiger partial charge >= 0.3 is 0 Å². The minimum absolute atomic E-state index is 0.347. The van der Waals surface area contributed by atoms with Gasteiger partial charge in [-0.05, 0) is 15.9 Å². The zero-order valence-electron chi connectivity index (χ0n) is 7.81. The summed E-state index contributed by atoms with van der Waals surface area (Å²) < 4.78 is 2.53. The lowest BCUT2D eigenvalue weighted by molar-refractivity contribution is 0.751. The Balaban J connectivity index is 2.33. The van der Waals surface area contributed by atoms with Crippen LogP contribution < -0.4 is 0 Å². The van der Waals surface area contributed by atoms with Gasteiger partial charge in [-0.2, -0.15) is 4.68 Å². The van der Waals surface area contributed by atoms with Crippen molar-refractivity contribution in [3.63, 3.8) is 0 Å². The average Bonchev–Trinajstić information content (AvgIpc) is 2.70. The minimum Gasteiger partial charge on any atom is -0.219 e. The fraction of sp³-hybridized carbons (Fsp3) is 0.375. The number of hydrogen-bond acceptors (Lipinski definition) is 4. The molecule has 2 rings (SSSR count). The maximum atomic E-state index is 4.33. The first-order valence-electron chi connectivity index (χ1n) is 4.20. The Morgan fingerprint density at radius 2 is 2.29 bits per heavy atom. The third-order valence-electron chi connectivity index (χ3n) is 1.69. The van der Waals surface area contributed by atoms with E-state index in [2.05, 4.69) is 44.8 Å². The van der Waals surface area contributed by atoms with E-state index in [4.69, 9.17) is 0 Å². The second kappa shape index (κ2) is 3.78. The van der Waals surface area contributed by atoms with E-state index in [9.17, 15) is 0 Å². The molecule has 0 spiro atoms. The summed E-state index contributed by atoms with van der Waals surface area (Å²) in [4.78, 5) is 8.45. The van der Waals surface area contributed by atoms with Gasteiger partial charge in [0.2, 0.25) is 5.13 Å². The van der Waals surface area contributed by atoms with Gasteiger partial charge in [0.15, 0.2) is 5.82 Å². The van der Waals surface area contributed by atoms with E-state index in [0.29, 0.717) is 5.92 Å². The molecule has 4 nitrogen and oxygen atoms in total. The highest BCUT2D eigenvalue weighted by molar-refractivity contribution is 9.10. The van der Waals surface area contributed by atoms with Crippen molar-refractivity contribution in [2.45, 2.75) is 19.8 Å². The second-order valence-electron chi connectivity index (χ2n) is 3.15. The normalized spacial score (nSPS) is 11.1. The highest BCUT2D eigenvalue weighted by Gasteiger charge is 2.08. The number of nitrogens with zero attached hydrogens (tertiary/aromatic N) is 4. The topological polar surface area (TPSA) is 43.6 Å². The molecule has 2 aromatic rings. The van der Waals surface area contributed by atoms with E-state index in [1.807, 2.05) is 5.38 Å². The molecule has 0 unspecified atom stereocenters. The molecule has 0 bridgehead atoms. The van der Waals surface area contributed by atoms with Gasteiger partial charge in [-0.3, -0.25) is 0 Å². The van der Waals surface area contributed by atoms with Gasteiger partial charge in [-0.15, -0.1) is 16.4 Å². The summed E-state index contributed by atoms with van der Waals surface area (Å²) in [7, 11) is 0. The van der Waals surface area contributed by atoms with Crippen molar-refractivity contribution < 1.29 is 0 Å². The third kappa shape index (κ3) is 1.85. The summed E-state index contributed by atoms with van der Waals surface area (Å²) in [6, 6.07) is 0. The summed E-state index contributed by atoms with van der Waals surface area (Å²) in [5.41, 5.74) is 0. The Hall–Kier alpha value is -0.750. The molecule has 0 aliphatic rings.